The SMILES string of the molecule is O=C(O)c1ccccc1C=NNc1ccc(S(=O)(=O)N2CCCC2)cc1[N+](=O)[O-]. The van der Waals surface area contributed by atoms with Crippen molar-refractivity contribution in [3.8, 4) is 0 Å². The van der Waals surface area contributed by atoms with E-state index in [9.17, 15) is 23.3 Å². The summed E-state index contributed by atoms with van der Waals surface area (Å²) in [6, 6.07) is 9.69. The van der Waals surface area contributed by atoms with Gasteiger partial charge in [0.25, 0.3) is 5.69 Å². The smallest absolute Gasteiger partial charge is 0.336 e. The first kappa shape index (κ1) is 20.4. The van der Waals surface area contributed by atoms with Crippen LogP contribution in [0, 0.1) is 10.1 Å². The molecule has 0 spiro atoms. The number of nitrogens with one attached hydrogen (secondary N) is 1. The van der Waals surface area contributed by atoms with E-state index in [1.165, 1.54) is 34.8 Å². The van der Waals surface area contributed by atoms with Crippen LogP contribution < -0.4 is 5.43 Å². The molecule has 2 N–H and O–H groups in total. The van der Waals surface area contributed by atoms with Crippen LogP contribution in [-0.2, 0) is 10.0 Å². The predicted octanol–water partition coefficient (Wildman–Crippen LogP) is 2.52. The number of nitrogens with zero attached hydrogens (tertiary/aromatic N) is 3. The number of hydrogen-bond acceptors (Lipinski definition) is 7. The molecule has 0 radical (unpaired) electrons. The van der Waals surface area contributed by atoms with Crippen LogP contribution in [-0.4, -0.2) is 48.0 Å². The summed E-state index contributed by atoms with van der Waals surface area (Å²) in [6.07, 6.45) is 2.74. The van der Waals surface area contributed by atoms with Crippen molar-refractivity contribution < 1.29 is 23.2 Å². The summed E-state index contributed by atoms with van der Waals surface area (Å²) in [4.78, 5) is 21.8. The van der Waals surface area contributed by atoms with Gasteiger partial charge in [0.2, 0.25) is 10.0 Å². The first-order valence-corrected chi connectivity index (χ1v) is 10.1. The molecule has 0 bridgehead atoms. The van der Waals surface area contributed by atoms with E-state index in [-0.39, 0.29) is 16.1 Å². The third kappa shape index (κ3) is 4.41. The van der Waals surface area contributed by atoms with Crippen molar-refractivity contribution in [3.05, 3.63) is 63.7 Å². The Bertz CT molecular complexity index is 1080. The van der Waals surface area contributed by atoms with Crippen LogP contribution in [0.5, 0.6) is 0 Å². The van der Waals surface area contributed by atoms with E-state index >= 15 is 0 Å². The van der Waals surface area contributed by atoms with Crippen LogP contribution in [0.25, 0.3) is 0 Å². The van der Waals surface area contributed by atoms with Gasteiger partial charge in [0.1, 0.15) is 5.69 Å². The lowest BCUT2D eigenvalue weighted by atomic mass is 10.1. The zero-order chi connectivity index (χ0) is 21.0. The molecule has 0 saturated carbocycles. The molecule has 2 aromatic rings. The molecule has 11 heteroatoms. The van der Waals surface area contributed by atoms with Gasteiger partial charge >= 0.3 is 5.97 Å². The fraction of sp³-hybridized carbons (Fsp3) is 0.222. The third-order valence-electron chi connectivity index (χ3n) is 4.45. The van der Waals surface area contributed by atoms with Gasteiger partial charge in [0.15, 0.2) is 0 Å². The monoisotopic (exact) mass is 418 g/mol. The molecule has 3 rings (SSSR count). The van der Waals surface area contributed by atoms with Crippen molar-refractivity contribution in [3.63, 3.8) is 0 Å². The van der Waals surface area contributed by atoms with Crippen molar-refractivity contribution in [2.45, 2.75) is 17.7 Å². The second kappa shape index (κ2) is 8.37. The molecule has 1 saturated heterocycles. The molecule has 0 atom stereocenters. The summed E-state index contributed by atoms with van der Waals surface area (Å²) in [7, 11) is -3.79. The molecule has 0 amide bonds. The van der Waals surface area contributed by atoms with E-state index < -0.39 is 26.6 Å². The number of nitro groups is 1. The zero-order valence-electron chi connectivity index (χ0n) is 15.2. The predicted molar refractivity (Wildman–Crippen MR) is 106 cm³/mol. The van der Waals surface area contributed by atoms with Crippen LogP contribution in [0.1, 0.15) is 28.8 Å². The minimum Gasteiger partial charge on any atom is -0.478 e. The molecule has 0 aliphatic carbocycles. The van der Waals surface area contributed by atoms with Gasteiger partial charge in [-0.2, -0.15) is 9.41 Å². The maximum Gasteiger partial charge on any atom is 0.336 e. The van der Waals surface area contributed by atoms with E-state index in [0.717, 1.165) is 18.9 Å². The standard InChI is InChI=1S/C18H18N4O6S/c23-18(24)15-6-2-1-5-13(15)12-19-20-16-8-7-14(11-17(16)22(25)26)29(27,28)21-9-3-4-10-21/h1-2,5-8,11-12,20H,3-4,9-10H2,(H,23,24). The Labute approximate surface area is 166 Å². The number of rotatable bonds is 7. The molecular formula is C18H18N4O6S. The number of carbonyl (C=O) groups is 1. The number of aromatic carboxylic acids is 1. The van der Waals surface area contributed by atoms with Crippen molar-refractivity contribution in [2.24, 2.45) is 5.10 Å². The van der Waals surface area contributed by atoms with Crippen molar-refractivity contribution in [1.82, 2.24) is 4.31 Å². The molecule has 0 aromatic heterocycles. The molecule has 152 valence electrons. The number of sulfonamides is 1. The van der Waals surface area contributed by atoms with E-state index in [1.54, 1.807) is 12.1 Å². The van der Waals surface area contributed by atoms with Gasteiger partial charge in [-0.1, -0.05) is 18.2 Å². The van der Waals surface area contributed by atoms with Gasteiger partial charge in [-0.15, -0.1) is 0 Å². The summed E-state index contributed by atoms with van der Waals surface area (Å²) in [5, 5.41) is 24.5. The molecule has 1 aliphatic rings. The number of anilines is 1. The Morgan fingerprint density at radius 3 is 2.55 bits per heavy atom. The number of carboxylic acid groups (broad SMARTS) is 1. The van der Waals surface area contributed by atoms with Gasteiger partial charge in [-0.05, 0) is 31.0 Å². The van der Waals surface area contributed by atoms with E-state index in [0.29, 0.717) is 18.7 Å². The van der Waals surface area contributed by atoms with Crippen molar-refractivity contribution in [2.75, 3.05) is 18.5 Å². The summed E-state index contributed by atoms with van der Waals surface area (Å²) in [5.41, 5.74) is 2.36. The third-order valence-corrected chi connectivity index (χ3v) is 6.34. The molecule has 2 aromatic carbocycles. The summed E-state index contributed by atoms with van der Waals surface area (Å²) in [5.74, 6) is -1.13. The topological polar surface area (TPSA) is 142 Å². The lowest BCUT2D eigenvalue weighted by molar-refractivity contribution is -0.384. The molecular weight excluding hydrogens is 400 g/mol. The average Bonchev–Trinajstić information content (AvgIpc) is 3.24. The van der Waals surface area contributed by atoms with Gasteiger partial charge in [0.05, 0.1) is 21.6 Å². The van der Waals surface area contributed by atoms with Crippen molar-refractivity contribution in [1.29, 1.82) is 0 Å². The lowest BCUT2D eigenvalue weighted by Crippen LogP contribution is -2.27. The number of nitro benzene ring substituents is 1. The van der Waals surface area contributed by atoms with E-state index in [2.05, 4.69) is 10.5 Å². The summed E-state index contributed by atoms with van der Waals surface area (Å²) < 4.78 is 26.5. The molecule has 29 heavy (non-hydrogen) atoms. The minimum absolute atomic E-state index is 0.0144. The fourth-order valence-corrected chi connectivity index (χ4v) is 4.51. The van der Waals surface area contributed by atoms with Crippen LogP contribution >= 0.6 is 0 Å². The molecule has 0 unspecified atom stereocenters. The van der Waals surface area contributed by atoms with E-state index in [4.69, 9.17) is 5.11 Å². The largest absolute Gasteiger partial charge is 0.478 e. The Balaban J connectivity index is 1.87. The summed E-state index contributed by atoms with van der Waals surface area (Å²) >= 11 is 0. The highest BCUT2D eigenvalue weighted by atomic mass is 32.2. The number of carboxylic acids is 1. The van der Waals surface area contributed by atoms with Gasteiger partial charge in [-0.25, -0.2) is 13.2 Å². The van der Waals surface area contributed by atoms with Crippen LogP contribution in [0.4, 0.5) is 11.4 Å². The summed E-state index contributed by atoms with van der Waals surface area (Å²) in [6.45, 7) is 0.785. The number of hydrazone groups is 1. The second-order valence-corrected chi connectivity index (χ2v) is 8.25. The van der Waals surface area contributed by atoms with Crippen LogP contribution in [0.2, 0.25) is 0 Å². The molecule has 1 heterocycles. The van der Waals surface area contributed by atoms with Gasteiger partial charge < -0.3 is 5.11 Å². The van der Waals surface area contributed by atoms with Crippen LogP contribution in [0.15, 0.2) is 52.5 Å². The number of hydrogen-bond donors (Lipinski definition) is 2. The zero-order valence-corrected chi connectivity index (χ0v) is 16.0. The van der Waals surface area contributed by atoms with Crippen LogP contribution in [0.3, 0.4) is 0 Å². The highest BCUT2D eigenvalue weighted by molar-refractivity contribution is 7.89. The first-order valence-electron chi connectivity index (χ1n) is 8.70. The Kier molecular flexibility index (Phi) is 5.89. The quantitative estimate of drug-likeness (QED) is 0.399. The maximum atomic E-state index is 12.6. The Hall–Kier alpha value is -3.31. The lowest BCUT2D eigenvalue weighted by Gasteiger charge is -2.15. The first-order chi connectivity index (χ1) is 13.8. The van der Waals surface area contributed by atoms with Crippen molar-refractivity contribution >= 4 is 33.6 Å². The second-order valence-electron chi connectivity index (χ2n) is 6.31. The van der Waals surface area contributed by atoms with Gasteiger partial charge in [0, 0.05) is 24.7 Å². The highest BCUT2D eigenvalue weighted by Crippen LogP contribution is 2.30. The fourth-order valence-electron chi connectivity index (χ4n) is 2.97. The van der Waals surface area contributed by atoms with Gasteiger partial charge in [-0.3, -0.25) is 15.5 Å². The Morgan fingerprint density at radius 1 is 1.21 bits per heavy atom. The molecule has 1 fully saturated rings. The average molecular weight is 418 g/mol. The van der Waals surface area contributed by atoms with E-state index in [1.807, 2.05) is 0 Å². The highest BCUT2D eigenvalue weighted by Gasteiger charge is 2.29. The molecule has 1 aliphatic heterocycles. The molecule has 10 nitrogen and oxygen atoms in total. The normalized spacial score (nSPS) is 14.9. The Morgan fingerprint density at radius 2 is 1.90 bits per heavy atom. The minimum atomic E-state index is -3.79. The maximum absolute atomic E-state index is 12.6. The number of benzene rings is 2.